The zero-order valence-electron chi connectivity index (χ0n) is 26.8. The molecule has 5 rings (SSSR count). The molecule has 3 aromatic rings. The van der Waals surface area contributed by atoms with E-state index in [-0.39, 0.29) is 25.2 Å². The van der Waals surface area contributed by atoms with Crippen molar-refractivity contribution in [3.63, 3.8) is 0 Å². The zero-order chi connectivity index (χ0) is 37.6. The summed E-state index contributed by atoms with van der Waals surface area (Å²) in [5.41, 5.74) is -3.49. The first-order valence-corrected chi connectivity index (χ1v) is 18.5. The van der Waals surface area contributed by atoms with Crippen LogP contribution in [0, 0.1) is 0 Å². The maximum Gasteiger partial charge on any atom is 0.416 e. The van der Waals surface area contributed by atoms with Gasteiger partial charge in [-0.25, -0.2) is 0 Å². The summed E-state index contributed by atoms with van der Waals surface area (Å²) in [6, 6.07) is 12.9. The monoisotopic (exact) mass is 772 g/mol. The number of benzene rings is 3. The van der Waals surface area contributed by atoms with Gasteiger partial charge in [0.2, 0.25) is 0 Å². The second-order valence-electron chi connectivity index (χ2n) is 12.4. The molecular weight excluding hydrogens is 742 g/mol. The van der Waals surface area contributed by atoms with Crippen LogP contribution in [0.1, 0.15) is 43.4 Å². The van der Waals surface area contributed by atoms with Gasteiger partial charge in [-0.2, -0.15) is 52.7 Å². The highest BCUT2D eigenvalue weighted by Gasteiger charge is 2.45. The molecule has 0 bridgehead atoms. The van der Waals surface area contributed by atoms with Crippen LogP contribution in [0.25, 0.3) is 0 Å². The number of alkyl halides is 12. The summed E-state index contributed by atoms with van der Waals surface area (Å²) in [5.74, 6) is -1.22. The summed E-state index contributed by atoms with van der Waals surface area (Å²) in [5, 5.41) is 1.86. The van der Waals surface area contributed by atoms with Gasteiger partial charge in [0.15, 0.2) is 5.79 Å². The fourth-order valence-corrected chi connectivity index (χ4v) is 10.9. The maximum absolute atomic E-state index is 13.4. The third-order valence-electron chi connectivity index (χ3n) is 8.37. The SMILES string of the molecule is CC1(C)O[C@@H](CP(C2=CC=C(C(F)(F)F)CC2)c2ccc(C(F)(F)F)cc2)[C@H](CP(c2ccc(C(F)(F)F)cc2)c2ccc(C(F)(F)F)cc2)O1. The molecule has 51 heavy (non-hydrogen) atoms. The number of halogens is 12. The lowest BCUT2D eigenvalue weighted by molar-refractivity contribution is -0.142. The smallest absolute Gasteiger partial charge is 0.344 e. The first kappa shape index (κ1) is 39.3. The van der Waals surface area contributed by atoms with Crippen molar-refractivity contribution in [1.29, 1.82) is 0 Å². The van der Waals surface area contributed by atoms with Crippen LogP contribution in [0.4, 0.5) is 52.7 Å². The summed E-state index contributed by atoms with van der Waals surface area (Å²) >= 11 is 0. The highest BCUT2D eigenvalue weighted by molar-refractivity contribution is 7.73. The topological polar surface area (TPSA) is 18.5 Å². The van der Waals surface area contributed by atoms with Crippen LogP contribution in [0.5, 0.6) is 0 Å². The molecule has 0 saturated carbocycles. The molecule has 1 fully saturated rings. The van der Waals surface area contributed by atoms with E-state index in [2.05, 4.69) is 0 Å². The van der Waals surface area contributed by atoms with Crippen LogP contribution in [0.3, 0.4) is 0 Å². The van der Waals surface area contributed by atoms with E-state index < -0.39 is 80.8 Å². The summed E-state index contributed by atoms with van der Waals surface area (Å²) < 4.78 is 173. The normalized spacial score (nSPS) is 20.7. The van der Waals surface area contributed by atoms with Gasteiger partial charge in [-0.15, -0.1) is 0 Å². The van der Waals surface area contributed by atoms with E-state index in [1.165, 1.54) is 42.5 Å². The Morgan fingerprint density at radius 1 is 0.510 bits per heavy atom. The van der Waals surface area contributed by atoms with Crippen molar-refractivity contribution < 1.29 is 62.2 Å². The van der Waals surface area contributed by atoms with Crippen molar-refractivity contribution in [3.05, 3.63) is 113 Å². The molecule has 1 aliphatic carbocycles. The van der Waals surface area contributed by atoms with Crippen molar-refractivity contribution in [1.82, 2.24) is 0 Å². The predicted molar refractivity (Wildman–Crippen MR) is 172 cm³/mol. The molecule has 3 aromatic carbocycles. The van der Waals surface area contributed by atoms with Crippen LogP contribution >= 0.6 is 15.8 Å². The first-order valence-electron chi connectivity index (χ1n) is 15.4. The van der Waals surface area contributed by atoms with Gasteiger partial charge >= 0.3 is 24.7 Å². The lowest BCUT2D eigenvalue weighted by Crippen LogP contribution is -2.32. The second-order valence-corrected chi connectivity index (χ2v) is 17.0. The fourth-order valence-electron chi connectivity index (χ4n) is 5.91. The Morgan fingerprint density at radius 3 is 1.18 bits per heavy atom. The van der Waals surface area contributed by atoms with Gasteiger partial charge in [-0.05, 0) is 100 Å². The van der Waals surface area contributed by atoms with Crippen LogP contribution in [-0.4, -0.2) is 36.5 Å². The third-order valence-corrected chi connectivity index (χ3v) is 13.6. The van der Waals surface area contributed by atoms with E-state index in [0.29, 0.717) is 21.2 Å². The minimum absolute atomic E-state index is 0.0104. The molecule has 1 aliphatic heterocycles. The van der Waals surface area contributed by atoms with Crippen molar-refractivity contribution in [2.75, 3.05) is 12.3 Å². The number of rotatable bonds is 8. The Balaban J connectivity index is 1.52. The van der Waals surface area contributed by atoms with Crippen molar-refractivity contribution in [3.8, 4) is 0 Å². The number of allylic oxidation sites excluding steroid dienone is 4. The number of hydrogen-bond donors (Lipinski definition) is 0. The first-order chi connectivity index (χ1) is 23.5. The molecule has 16 heteroatoms. The fraction of sp³-hybridized carbons (Fsp3) is 0.371. The summed E-state index contributed by atoms with van der Waals surface area (Å²) in [4.78, 5) is 0. The summed E-state index contributed by atoms with van der Waals surface area (Å²) in [7, 11) is -3.25. The van der Waals surface area contributed by atoms with Gasteiger partial charge in [-0.3, -0.25) is 0 Å². The Bertz CT molecular complexity index is 1660. The van der Waals surface area contributed by atoms with E-state index in [9.17, 15) is 52.7 Å². The van der Waals surface area contributed by atoms with E-state index in [0.717, 1.165) is 42.5 Å². The lowest BCUT2D eigenvalue weighted by Gasteiger charge is -2.30. The minimum Gasteiger partial charge on any atom is -0.344 e. The molecule has 0 spiro atoms. The Labute approximate surface area is 288 Å². The molecule has 3 atom stereocenters. The Kier molecular flexibility index (Phi) is 11.2. The van der Waals surface area contributed by atoms with E-state index >= 15 is 0 Å². The molecule has 1 saturated heterocycles. The van der Waals surface area contributed by atoms with Crippen molar-refractivity contribution >= 4 is 31.8 Å². The summed E-state index contributed by atoms with van der Waals surface area (Å²) in [6.07, 6.45) is -17.9. The number of ether oxygens (including phenoxy) is 2. The molecule has 0 amide bonds. The predicted octanol–water partition coefficient (Wildman–Crippen LogP) is 10.7. The molecule has 2 nitrogen and oxygen atoms in total. The standard InChI is InChI=1S/C35H30F12O2P2/c1-31(2)48-29(19-50(25-11-3-21(4-12-25)32(36,37)38)26-13-5-22(6-14-26)33(39,40)41)30(49-31)20-51(27-15-7-23(8-16-27)34(42,43)44)28-17-9-24(10-18-28)35(45,46)47/h3-9,11-17,29-30H,10,18-20H2,1-2H3/t29-,30-,51?/m0/s1. The zero-order valence-corrected chi connectivity index (χ0v) is 28.6. The van der Waals surface area contributed by atoms with Crippen LogP contribution in [0.15, 0.2) is 95.8 Å². The highest BCUT2D eigenvalue weighted by Crippen LogP contribution is 2.52. The summed E-state index contributed by atoms with van der Waals surface area (Å²) in [6.45, 7) is 3.22. The molecule has 276 valence electrons. The molecule has 2 aliphatic rings. The van der Waals surface area contributed by atoms with Gasteiger partial charge in [0.05, 0.1) is 28.9 Å². The van der Waals surface area contributed by atoms with Crippen molar-refractivity contribution in [2.24, 2.45) is 0 Å². The quantitative estimate of drug-likeness (QED) is 0.168. The average Bonchev–Trinajstić information content (AvgIpc) is 3.33. The molecule has 0 aromatic heterocycles. The molecule has 1 heterocycles. The van der Waals surface area contributed by atoms with Gasteiger partial charge in [0.25, 0.3) is 0 Å². The molecule has 0 N–H and O–H groups in total. The van der Waals surface area contributed by atoms with Crippen LogP contribution in [-0.2, 0) is 28.0 Å². The van der Waals surface area contributed by atoms with Crippen molar-refractivity contribution in [2.45, 2.75) is 69.4 Å². The second kappa shape index (κ2) is 14.5. The van der Waals surface area contributed by atoms with E-state index in [4.69, 9.17) is 9.47 Å². The van der Waals surface area contributed by atoms with E-state index in [1.807, 2.05) is 0 Å². The number of hydrogen-bond acceptors (Lipinski definition) is 2. The Morgan fingerprint density at radius 2 is 0.863 bits per heavy atom. The minimum atomic E-state index is -4.63. The van der Waals surface area contributed by atoms with Gasteiger partial charge < -0.3 is 9.47 Å². The average molecular weight is 773 g/mol. The largest absolute Gasteiger partial charge is 0.416 e. The van der Waals surface area contributed by atoms with Crippen LogP contribution < -0.4 is 15.9 Å². The van der Waals surface area contributed by atoms with Crippen LogP contribution in [0.2, 0.25) is 0 Å². The Hall–Kier alpha value is -2.92. The van der Waals surface area contributed by atoms with Gasteiger partial charge in [0, 0.05) is 17.9 Å². The highest BCUT2D eigenvalue weighted by atomic mass is 31.1. The third kappa shape index (κ3) is 9.75. The van der Waals surface area contributed by atoms with E-state index in [1.54, 1.807) is 13.8 Å². The van der Waals surface area contributed by atoms with Gasteiger partial charge in [-0.1, -0.05) is 48.6 Å². The molecular formula is C35H30F12O2P2. The molecule has 0 radical (unpaired) electrons. The molecule has 1 unspecified atom stereocenters. The lowest BCUT2D eigenvalue weighted by atomic mass is 10.0. The van der Waals surface area contributed by atoms with Gasteiger partial charge in [0.1, 0.15) is 0 Å². The maximum atomic E-state index is 13.4.